The zero-order chi connectivity index (χ0) is 26.8. The number of aliphatic imine (C=N–C) groups is 2. The number of benzene rings is 2. The number of hydrogen-bond donors (Lipinski definition) is 1. The molecular weight excluding hydrogens is 478 g/mol. The Kier molecular flexibility index (Phi) is 10.6. The van der Waals surface area contributed by atoms with Crippen LogP contribution >= 0.6 is 11.6 Å². The fourth-order valence-electron chi connectivity index (χ4n) is 3.57. The smallest absolute Gasteiger partial charge is 0.303 e. The molecule has 0 saturated carbocycles. The van der Waals surface area contributed by atoms with Gasteiger partial charge in [-0.05, 0) is 74.4 Å². The number of ether oxygens (including phenoxy) is 1. The van der Waals surface area contributed by atoms with Gasteiger partial charge in [-0.2, -0.15) is 0 Å². The molecule has 7 nitrogen and oxygen atoms in total. The van der Waals surface area contributed by atoms with Crippen LogP contribution in [0.1, 0.15) is 48.2 Å². The lowest BCUT2D eigenvalue weighted by atomic mass is 9.98. The number of carboxylic acid groups (broad SMARTS) is 1. The normalized spacial score (nSPS) is 12.3. The van der Waals surface area contributed by atoms with Crippen LogP contribution in [0.15, 0.2) is 63.7 Å². The number of carbonyl (C=O) groups is 2. The summed E-state index contributed by atoms with van der Waals surface area (Å²) in [7, 11) is 3.37. The summed E-state index contributed by atoms with van der Waals surface area (Å²) in [5.74, 6) is -0.906. The number of amides is 1. The van der Waals surface area contributed by atoms with Gasteiger partial charge in [0.2, 0.25) is 0 Å². The molecule has 1 amide bonds. The topological polar surface area (TPSA) is 91.6 Å². The van der Waals surface area contributed by atoms with Gasteiger partial charge in [-0.25, -0.2) is 0 Å². The summed E-state index contributed by atoms with van der Waals surface area (Å²) in [4.78, 5) is 34.2. The summed E-state index contributed by atoms with van der Waals surface area (Å²) in [6, 6.07) is 10.9. The molecule has 0 aliphatic heterocycles. The Labute approximate surface area is 217 Å². The van der Waals surface area contributed by atoms with Gasteiger partial charge in [0.1, 0.15) is 5.75 Å². The second kappa shape index (κ2) is 13.4. The quantitative estimate of drug-likeness (QED) is 0.220. The molecule has 0 saturated heterocycles. The summed E-state index contributed by atoms with van der Waals surface area (Å²) in [5, 5.41) is 9.31. The van der Waals surface area contributed by atoms with Crippen molar-refractivity contribution in [1.82, 2.24) is 0 Å². The highest BCUT2D eigenvalue weighted by atomic mass is 35.5. The fourth-order valence-corrected chi connectivity index (χ4v) is 3.87. The average Bonchev–Trinajstić information content (AvgIpc) is 2.85. The molecule has 2 aromatic rings. The Morgan fingerprint density at radius 2 is 1.89 bits per heavy atom. The van der Waals surface area contributed by atoms with E-state index in [1.807, 2.05) is 51.1 Å². The van der Waals surface area contributed by atoms with Gasteiger partial charge in [0, 0.05) is 44.2 Å². The summed E-state index contributed by atoms with van der Waals surface area (Å²) in [6.07, 6.45) is 3.79. The summed E-state index contributed by atoms with van der Waals surface area (Å²) >= 11 is 6.67. The molecule has 8 heteroatoms. The predicted octanol–water partition coefficient (Wildman–Crippen LogP) is 6.25. The first-order valence-corrected chi connectivity index (χ1v) is 11.8. The number of aliphatic carboxylic acids is 1. The molecule has 0 bridgehead atoms. The number of para-hydroxylation sites is 1. The van der Waals surface area contributed by atoms with Crippen molar-refractivity contribution in [2.24, 2.45) is 9.98 Å². The van der Waals surface area contributed by atoms with Gasteiger partial charge in [-0.1, -0.05) is 29.8 Å². The van der Waals surface area contributed by atoms with Crippen molar-refractivity contribution in [3.8, 4) is 5.75 Å². The number of carboxylic acids is 1. The predicted molar refractivity (Wildman–Crippen MR) is 148 cm³/mol. The van der Waals surface area contributed by atoms with E-state index in [9.17, 15) is 9.59 Å². The molecule has 190 valence electrons. The molecule has 0 spiro atoms. The van der Waals surface area contributed by atoms with Gasteiger partial charge < -0.3 is 14.7 Å². The van der Waals surface area contributed by atoms with Gasteiger partial charge in [0.25, 0.3) is 5.91 Å². The summed E-state index contributed by atoms with van der Waals surface area (Å²) in [5.41, 5.74) is 4.92. The molecule has 0 fully saturated rings. The van der Waals surface area contributed by atoms with Crippen molar-refractivity contribution in [2.45, 2.75) is 33.6 Å². The van der Waals surface area contributed by atoms with Crippen molar-refractivity contribution in [2.75, 3.05) is 25.6 Å². The molecule has 2 aromatic carbocycles. The fraction of sp³-hybridized carbons (Fsp3) is 0.286. The first kappa shape index (κ1) is 28.5. The lowest BCUT2D eigenvalue weighted by Gasteiger charge is -2.22. The molecule has 0 unspecified atom stereocenters. The van der Waals surface area contributed by atoms with E-state index in [4.69, 9.17) is 21.4 Å². The first-order chi connectivity index (χ1) is 17.1. The summed E-state index contributed by atoms with van der Waals surface area (Å²) < 4.78 is 5.86. The third-order valence-corrected chi connectivity index (χ3v) is 5.91. The second-order valence-corrected chi connectivity index (χ2v) is 8.64. The van der Waals surface area contributed by atoms with Gasteiger partial charge in [-0.3, -0.25) is 19.6 Å². The van der Waals surface area contributed by atoms with Gasteiger partial charge >= 0.3 is 5.97 Å². The van der Waals surface area contributed by atoms with Crippen molar-refractivity contribution in [3.05, 3.63) is 75.5 Å². The van der Waals surface area contributed by atoms with E-state index < -0.39 is 5.97 Å². The third kappa shape index (κ3) is 7.39. The Morgan fingerprint density at radius 1 is 1.19 bits per heavy atom. The standard InChI is InChI=1S/C28H32ClN3O4/c1-18-10-7-8-11-25(18)32(6)28(35)23-15-22(20(3)21(17-30-4)14-19(2)31-5)24(29)16-26(23)36-13-9-12-27(33)34/h7-8,10-11,14-17H,5,9,12-13H2,1-4,6H3,(H,33,34)/b19-14-,21-20-,30-17?. The summed E-state index contributed by atoms with van der Waals surface area (Å²) in [6.45, 7) is 9.33. The second-order valence-electron chi connectivity index (χ2n) is 8.24. The Morgan fingerprint density at radius 3 is 2.50 bits per heavy atom. The maximum atomic E-state index is 13.7. The van der Waals surface area contributed by atoms with Crippen LogP contribution in [0.25, 0.3) is 5.57 Å². The molecule has 0 radical (unpaired) electrons. The molecule has 0 aliphatic carbocycles. The Bertz CT molecular complexity index is 1230. The number of allylic oxidation sites excluding steroid dienone is 4. The van der Waals surface area contributed by atoms with Gasteiger partial charge in [0.05, 0.1) is 17.2 Å². The number of hydrogen-bond acceptors (Lipinski definition) is 5. The van der Waals surface area contributed by atoms with Crippen LogP contribution in [-0.2, 0) is 4.79 Å². The third-order valence-electron chi connectivity index (χ3n) is 5.59. The van der Waals surface area contributed by atoms with E-state index in [1.54, 1.807) is 37.3 Å². The Hall–Kier alpha value is -3.71. The number of rotatable bonds is 11. The molecule has 36 heavy (non-hydrogen) atoms. The van der Waals surface area contributed by atoms with Crippen molar-refractivity contribution in [3.63, 3.8) is 0 Å². The number of aryl methyl sites for hydroxylation is 1. The van der Waals surface area contributed by atoms with Crippen LogP contribution in [0.2, 0.25) is 5.02 Å². The molecule has 0 heterocycles. The highest BCUT2D eigenvalue weighted by Gasteiger charge is 2.22. The van der Waals surface area contributed by atoms with Crippen LogP contribution in [0.3, 0.4) is 0 Å². The monoisotopic (exact) mass is 509 g/mol. The van der Waals surface area contributed by atoms with E-state index >= 15 is 0 Å². The zero-order valence-corrected chi connectivity index (χ0v) is 22.1. The van der Waals surface area contributed by atoms with Crippen LogP contribution in [0.5, 0.6) is 5.75 Å². The largest absolute Gasteiger partial charge is 0.493 e. The van der Waals surface area contributed by atoms with Crippen LogP contribution < -0.4 is 9.64 Å². The first-order valence-electron chi connectivity index (χ1n) is 11.4. The zero-order valence-electron chi connectivity index (χ0n) is 21.3. The molecular formula is C28H32ClN3O4. The van der Waals surface area contributed by atoms with Crippen LogP contribution in [-0.4, -0.2) is 50.6 Å². The van der Waals surface area contributed by atoms with Crippen molar-refractivity contribution >= 4 is 47.7 Å². The maximum absolute atomic E-state index is 13.7. The number of halogens is 1. The molecule has 1 N–H and O–H groups in total. The van der Waals surface area contributed by atoms with E-state index in [0.29, 0.717) is 28.3 Å². The molecule has 2 rings (SSSR count). The van der Waals surface area contributed by atoms with Gasteiger partial charge in [0.15, 0.2) is 0 Å². The minimum absolute atomic E-state index is 0.0389. The van der Waals surface area contributed by atoms with Crippen molar-refractivity contribution < 1.29 is 19.4 Å². The van der Waals surface area contributed by atoms with Gasteiger partial charge in [-0.15, -0.1) is 0 Å². The lowest BCUT2D eigenvalue weighted by Crippen LogP contribution is -2.27. The molecule has 0 atom stereocenters. The minimum atomic E-state index is -0.911. The molecule has 0 aromatic heterocycles. The van der Waals surface area contributed by atoms with Crippen LogP contribution in [0, 0.1) is 6.92 Å². The maximum Gasteiger partial charge on any atom is 0.303 e. The van der Waals surface area contributed by atoms with Crippen molar-refractivity contribution in [1.29, 1.82) is 0 Å². The van der Waals surface area contributed by atoms with E-state index in [0.717, 1.165) is 22.4 Å². The highest BCUT2D eigenvalue weighted by Crippen LogP contribution is 2.35. The van der Waals surface area contributed by atoms with Crippen LogP contribution in [0.4, 0.5) is 5.69 Å². The lowest BCUT2D eigenvalue weighted by molar-refractivity contribution is -0.137. The SMILES string of the molecule is C=N/C(C)=C\C(C=NC)=C(/C)c1cc(C(=O)N(C)c2ccccc2C)c(OCCCC(=O)O)cc1Cl. The van der Waals surface area contributed by atoms with E-state index in [-0.39, 0.29) is 24.7 Å². The number of anilines is 1. The number of carbonyl (C=O) groups excluding carboxylic acids is 1. The van der Waals surface area contributed by atoms with E-state index in [2.05, 4.69) is 16.7 Å². The van der Waals surface area contributed by atoms with E-state index in [1.165, 1.54) is 0 Å². The minimum Gasteiger partial charge on any atom is -0.493 e. The Balaban J connectivity index is 2.65. The molecule has 0 aliphatic rings. The highest BCUT2D eigenvalue weighted by molar-refractivity contribution is 6.33. The number of nitrogens with zero attached hydrogens (tertiary/aromatic N) is 3. The average molecular weight is 510 g/mol.